The fourth-order valence-corrected chi connectivity index (χ4v) is 1.85. The molecule has 1 heterocycles. The van der Waals surface area contributed by atoms with Gasteiger partial charge in [-0.3, -0.25) is 0 Å². The average molecular weight is 227 g/mol. The molecule has 0 aliphatic heterocycles. The molecule has 0 saturated carbocycles. The number of hydrogen-bond acceptors (Lipinski definition) is 3. The Morgan fingerprint density at radius 3 is 2.59 bits per heavy atom. The third-order valence-electron chi connectivity index (χ3n) is 2.86. The van der Waals surface area contributed by atoms with Crippen molar-refractivity contribution in [3.63, 3.8) is 0 Å². The molecule has 0 saturated heterocycles. The summed E-state index contributed by atoms with van der Waals surface area (Å²) in [5.74, 6) is 0.702. The molecule has 88 valence electrons. The highest BCUT2D eigenvalue weighted by molar-refractivity contribution is 5.31. The van der Waals surface area contributed by atoms with Crippen molar-refractivity contribution in [3.05, 3.63) is 59.2 Å². The van der Waals surface area contributed by atoms with Gasteiger partial charge in [0.05, 0.1) is 6.04 Å². The van der Waals surface area contributed by atoms with Crippen LogP contribution in [0.1, 0.15) is 28.6 Å². The third kappa shape index (κ3) is 2.88. The summed E-state index contributed by atoms with van der Waals surface area (Å²) in [7, 11) is 0. The topological polar surface area (TPSA) is 51.8 Å². The quantitative estimate of drug-likeness (QED) is 0.875. The molecule has 0 spiro atoms. The highest BCUT2D eigenvalue weighted by Crippen LogP contribution is 2.17. The molecular formula is C14H17N3. The van der Waals surface area contributed by atoms with Crippen molar-refractivity contribution in [2.24, 2.45) is 5.73 Å². The van der Waals surface area contributed by atoms with E-state index in [1.807, 2.05) is 0 Å². The second kappa shape index (κ2) is 5.06. The summed E-state index contributed by atoms with van der Waals surface area (Å²) in [6.07, 6.45) is 4.23. The molecule has 2 N–H and O–H groups in total. The first-order valence-corrected chi connectivity index (χ1v) is 5.75. The van der Waals surface area contributed by atoms with Crippen LogP contribution >= 0.6 is 0 Å². The molecule has 0 bridgehead atoms. The van der Waals surface area contributed by atoms with E-state index < -0.39 is 0 Å². The summed E-state index contributed by atoms with van der Waals surface area (Å²) < 4.78 is 0. The molecule has 1 aromatic carbocycles. The minimum Gasteiger partial charge on any atom is -0.321 e. The molecule has 0 fully saturated rings. The van der Waals surface area contributed by atoms with Crippen molar-refractivity contribution in [1.29, 1.82) is 0 Å². The molecule has 1 unspecified atom stereocenters. The summed E-state index contributed by atoms with van der Waals surface area (Å²) in [5, 5.41) is 0. The lowest BCUT2D eigenvalue weighted by Crippen LogP contribution is -2.17. The Labute approximate surface area is 102 Å². The molecule has 2 rings (SSSR count). The van der Waals surface area contributed by atoms with Crippen LogP contribution in [-0.4, -0.2) is 9.97 Å². The number of aromatic nitrogens is 2. The van der Waals surface area contributed by atoms with Gasteiger partial charge in [-0.25, -0.2) is 9.97 Å². The molecule has 3 nitrogen and oxygen atoms in total. The van der Waals surface area contributed by atoms with Gasteiger partial charge in [0.1, 0.15) is 5.82 Å². The van der Waals surface area contributed by atoms with Crippen molar-refractivity contribution in [3.8, 4) is 0 Å². The molecule has 0 amide bonds. The zero-order valence-corrected chi connectivity index (χ0v) is 10.2. The first kappa shape index (κ1) is 11.7. The van der Waals surface area contributed by atoms with Crippen LogP contribution in [0.15, 0.2) is 36.7 Å². The standard InChI is InChI=1S/C14H17N3/c1-10-4-5-11(2)12(8-10)9-13(15)14-16-6-3-7-17-14/h3-8,13H,9,15H2,1-2H3. The van der Waals surface area contributed by atoms with E-state index in [2.05, 4.69) is 42.0 Å². The predicted octanol–water partition coefficient (Wildman–Crippen LogP) is 2.34. The van der Waals surface area contributed by atoms with E-state index in [1.54, 1.807) is 18.5 Å². The van der Waals surface area contributed by atoms with Crippen LogP contribution in [0.5, 0.6) is 0 Å². The van der Waals surface area contributed by atoms with Gasteiger partial charge in [0, 0.05) is 12.4 Å². The first-order chi connectivity index (χ1) is 8.16. The van der Waals surface area contributed by atoms with Crippen molar-refractivity contribution in [1.82, 2.24) is 9.97 Å². The number of rotatable bonds is 3. The van der Waals surface area contributed by atoms with Crippen LogP contribution in [0.25, 0.3) is 0 Å². The smallest absolute Gasteiger partial charge is 0.145 e. The lowest BCUT2D eigenvalue weighted by atomic mass is 9.99. The number of aryl methyl sites for hydroxylation is 2. The van der Waals surface area contributed by atoms with E-state index in [0.29, 0.717) is 5.82 Å². The summed E-state index contributed by atoms with van der Waals surface area (Å²) >= 11 is 0. The van der Waals surface area contributed by atoms with Crippen LogP contribution in [-0.2, 0) is 6.42 Å². The minimum absolute atomic E-state index is 0.142. The minimum atomic E-state index is -0.142. The van der Waals surface area contributed by atoms with Gasteiger partial charge < -0.3 is 5.73 Å². The Balaban J connectivity index is 2.18. The first-order valence-electron chi connectivity index (χ1n) is 5.75. The maximum atomic E-state index is 6.12. The SMILES string of the molecule is Cc1ccc(C)c(CC(N)c2ncccn2)c1. The number of nitrogens with two attached hydrogens (primary N) is 1. The summed E-state index contributed by atoms with van der Waals surface area (Å²) in [5.41, 5.74) is 9.91. The Bertz CT molecular complexity index is 494. The number of hydrogen-bond donors (Lipinski definition) is 1. The molecule has 2 aromatic rings. The van der Waals surface area contributed by atoms with Crippen molar-refractivity contribution in [2.45, 2.75) is 26.3 Å². The lowest BCUT2D eigenvalue weighted by Gasteiger charge is -2.12. The number of nitrogens with zero attached hydrogens (tertiary/aromatic N) is 2. The Morgan fingerprint density at radius 1 is 1.18 bits per heavy atom. The Kier molecular flexibility index (Phi) is 3.49. The average Bonchev–Trinajstić information content (AvgIpc) is 2.35. The van der Waals surface area contributed by atoms with Crippen LogP contribution < -0.4 is 5.73 Å². The molecule has 1 atom stereocenters. The van der Waals surface area contributed by atoms with Crippen LogP contribution in [0, 0.1) is 13.8 Å². The highest BCUT2D eigenvalue weighted by Gasteiger charge is 2.10. The molecule has 1 aromatic heterocycles. The zero-order valence-electron chi connectivity index (χ0n) is 10.2. The molecular weight excluding hydrogens is 210 g/mol. The van der Waals surface area contributed by atoms with Gasteiger partial charge in [0.15, 0.2) is 0 Å². The summed E-state index contributed by atoms with van der Waals surface area (Å²) in [4.78, 5) is 8.38. The Morgan fingerprint density at radius 2 is 1.88 bits per heavy atom. The molecule has 0 aliphatic rings. The normalized spacial score (nSPS) is 12.4. The van der Waals surface area contributed by atoms with Crippen molar-refractivity contribution in [2.75, 3.05) is 0 Å². The largest absolute Gasteiger partial charge is 0.321 e. The van der Waals surface area contributed by atoms with E-state index in [-0.39, 0.29) is 6.04 Å². The molecule has 3 heteroatoms. The summed E-state index contributed by atoms with van der Waals surface area (Å²) in [6, 6.07) is 8.08. The van der Waals surface area contributed by atoms with Crippen LogP contribution in [0.2, 0.25) is 0 Å². The molecule has 17 heavy (non-hydrogen) atoms. The van der Waals surface area contributed by atoms with E-state index in [4.69, 9.17) is 5.73 Å². The maximum Gasteiger partial charge on any atom is 0.145 e. The van der Waals surface area contributed by atoms with E-state index in [0.717, 1.165) is 6.42 Å². The van der Waals surface area contributed by atoms with Gasteiger partial charge in [-0.2, -0.15) is 0 Å². The lowest BCUT2D eigenvalue weighted by molar-refractivity contribution is 0.664. The van der Waals surface area contributed by atoms with Crippen molar-refractivity contribution >= 4 is 0 Å². The van der Waals surface area contributed by atoms with E-state index >= 15 is 0 Å². The molecule has 0 radical (unpaired) electrons. The third-order valence-corrected chi connectivity index (χ3v) is 2.86. The highest BCUT2D eigenvalue weighted by atomic mass is 14.9. The van der Waals surface area contributed by atoms with E-state index in [9.17, 15) is 0 Å². The van der Waals surface area contributed by atoms with Gasteiger partial charge in [0.2, 0.25) is 0 Å². The van der Waals surface area contributed by atoms with Gasteiger partial charge in [-0.15, -0.1) is 0 Å². The van der Waals surface area contributed by atoms with Gasteiger partial charge in [-0.05, 0) is 37.5 Å². The maximum absolute atomic E-state index is 6.12. The fraction of sp³-hybridized carbons (Fsp3) is 0.286. The van der Waals surface area contributed by atoms with Crippen LogP contribution in [0.4, 0.5) is 0 Å². The van der Waals surface area contributed by atoms with Gasteiger partial charge in [-0.1, -0.05) is 23.8 Å². The number of benzene rings is 1. The summed E-state index contributed by atoms with van der Waals surface area (Å²) in [6.45, 7) is 4.20. The van der Waals surface area contributed by atoms with Crippen LogP contribution in [0.3, 0.4) is 0 Å². The fourth-order valence-electron chi connectivity index (χ4n) is 1.85. The molecule has 0 aliphatic carbocycles. The predicted molar refractivity (Wildman–Crippen MR) is 68.6 cm³/mol. The zero-order chi connectivity index (χ0) is 12.3. The monoisotopic (exact) mass is 227 g/mol. The van der Waals surface area contributed by atoms with Gasteiger partial charge >= 0.3 is 0 Å². The van der Waals surface area contributed by atoms with Gasteiger partial charge in [0.25, 0.3) is 0 Å². The van der Waals surface area contributed by atoms with Crippen molar-refractivity contribution < 1.29 is 0 Å². The Hall–Kier alpha value is -1.74. The van der Waals surface area contributed by atoms with E-state index in [1.165, 1.54) is 16.7 Å². The second-order valence-electron chi connectivity index (χ2n) is 4.35. The second-order valence-corrected chi connectivity index (χ2v) is 4.35.